The minimum atomic E-state index is -0.410. The normalized spacial score (nSPS) is 26.5. The molecular formula is C17H22N4O4. The first-order valence-corrected chi connectivity index (χ1v) is 8.55. The molecule has 0 aliphatic carbocycles. The van der Waals surface area contributed by atoms with Crippen molar-refractivity contribution in [2.75, 3.05) is 26.3 Å². The van der Waals surface area contributed by atoms with Crippen molar-refractivity contribution in [2.45, 2.75) is 26.4 Å². The number of carbonyl (C=O) groups is 1. The van der Waals surface area contributed by atoms with E-state index in [1.165, 1.54) is 0 Å². The lowest BCUT2D eigenvalue weighted by atomic mass is 9.73. The summed E-state index contributed by atoms with van der Waals surface area (Å²) < 4.78 is 15.5. The Kier molecular flexibility index (Phi) is 4.30. The first-order valence-electron chi connectivity index (χ1n) is 8.55. The molecule has 8 heteroatoms. The van der Waals surface area contributed by atoms with Gasteiger partial charge in [-0.05, 0) is 19.4 Å². The molecule has 0 aromatic carbocycles. The summed E-state index contributed by atoms with van der Waals surface area (Å²) in [7, 11) is 0. The van der Waals surface area contributed by atoms with E-state index >= 15 is 0 Å². The maximum absolute atomic E-state index is 13.0. The van der Waals surface area contributed by atoms with E-state index in [1.807, 2.05) is 13.0 Å². The lowest BCUT2D eigenvalue weighted by Gasteiger charge is -2.37. The number of carbonyl (C=O) groups excluding carboxylic acids is 1. The quantitative estimate of drug-likeness (QED) is 0.867. The van der Waals surface area contributed by atoms with E-state index in [0.29, 0.717) is 32.8 Å². The van der Waals surface area contributed by atoms with Crippen molar-refractivity contribution in [2.24, 2.45) is 11.3 Å². The van der Waals surface area contributed by atoms with Crippen LogP contribution in [0, 0.1) is 18.3 Å². The summed E-state index contributed by atoms with van der Waals surface area (Å²) in [5.41, 5.74) is 2.18. The maximum atomic E-state index is 13.0. The molecular weight excluding hydrogens is 324 g/mol. The van der Waals surface area contributed by atoms with E-state index in [-0.39, 0.29) is 11.8 Å². The molecule has 2 atom stereocenters. The maximum Gasteiger partial charge on any atom is 0.228 e. The highest BCUT2D eigenvalue weighted by molar-refractivity contribution is 5.83. The van der Waals surface area contributed by atoms with Crippen LogP contribution < -0.4 is 5.32 Å². The van der Waals surface area contributed by atoms with Crippen LogP contribution >= 0.6 is 0 Å². The molecule has 134 valence electrons. The van der Waals surface area contributed by atoms with E-state index in [0.717, 1.165) is 29.9 Å². The summed E-state index contributed by atoms with van der Waals surface area (Å²) >= 11 is 0. The van der Waals surface area contributed by atoms with Gasteiger partial charge in [0.1, 0.15) is 11.4 Å². The van der Waals surface area contributed by atoms with Gasteiger partial charge in [0.2, 0.25) is 5.91 Å². The molecule has 2 aromatic rings. The average molecular weight is 346 g/mol. The highest BCUT2D eigenvalue weighted by atomic mass is 16.6. The van der Waals surface area contributed by atoms with Gasteiger partial charge in [-0.2, -0.15) is 0 Å². The smallest absolute Gasteiger partial charge is 0.228 e. The first-order chi connectivity index (χ1) is 12.2. The van der Waals surface area contributed by atoms with Crippen LogP contribution in [-0.2, 0) is 22.6 Å². The molecule has 4 rings (SSSR count). The molecule has 1 N–H and O–H groups in total. The van der Waals surface area contributed by atoms with Crippen LogP contribution in [0.4, 0.5) is 0 Å². The van der Waals surface area contributed by atoms with Crippen molar-refractivity contribution < 1.29 is 18.6 Å². The number of fused-ring (bicyclic) bond motifs is 1. The van der Waals surface area contributed by atoms with Crippen LogP contribution in [0.25, 0.3) is 0 Å². The number of hydrogen-bond donors (Lipinski definition) is 1. The molecule has 1 amide bonds. The predicted molar refractivity (Wildman–Crippen MR) is 86.2 cm³/mol. The Morgan fingerprint density at radius 3 is 3.16 bits per heavy atom. The van der Waals surface area contributed by atoms with Gasteiger partial charge in [0.25, 0.3) is 0 Å². The zero-order valence-electron chi connectivity index (χ0n) is 14.2. The Morgan fingerprint density at radius 1 is 1.48 bits per heavy atom. The van der Waals surface area contributed by atoms with Crippen LogP contribution in [0.5, 0.6) is 0 Å². The van der Waals surface area contributed by atoms with Gasteiger partial charge in [-0.1, -0.05) is 10.3 Å². The number of hydrogen-bond acceptors (Lipinski definition) is 7. The van der Waals surface area contributed by atoms with Gasteiger partial charge in [0.05, 0.1) is 24.5 Å². The number of rotatable bonds is 5. The molecule has 2 saturated heterocycles. The molecule has 2 aliphatic heterocycles. The molecule has 4 heterocycles. The molecule has 2 aromatic heterocycles. The number of furan rings is 1. The number of aryl methyl sites for hydroxylation is 1. The third kappa shape index (κ3) is 3.07. The number of likely N-dealkylation sites (tertiary alicyclic amines) is 1. The van der Waals surface area contributed by atoms with Gasteiger partial charge >= 0.3 is 0 Å². The van der Waals surface area contributed by atoms with Gasteiger partial charge < -0.3 is 14.5 Å². The van der Waals surface area contributed by atoms with Gasteiger partial charge in [0, 0.05) is 44.3 Å². The summed E-state index contributed by atoms with van der Waals surface area (Å²) in [6.45, 7) is 5.75. The largest absolute Gasteiger partial charge is 0.472 e. The topological polar surface area (TPSA) is 93.6 Å². The Balaban J connectivity index is 1.47. The first kappa shape index (κ1) is 16.3. The third-order valence-corrected chi connectivity index (χ3v) is 5.38. The number of nitrogens with zero attached hydrogens (tertiary/aromatic N) is 3. The number of ether oxygens (including phenoxy) is 1. The van der Waals surface area contributed by atoms with Crippen molar-refractivity contribution >= 4 is 5.91 Å². The second-order valence-corrected chi connectivity index (χ2v) is 6.96. The molecule has 2 fully saturated rings. The molecule has 8 nitrogen and oxygen atoms in total. The molecule has 0 bridgehead atoms. The van der Waals surface area contributed by atoms with E-state index in [1.54, 1.807) is 12.5 Å². The van der Waals surface area contributed by atoms with Crippen molar-refractivity contribution in [3.63, 3.8) is 0 Å². The van der Waals surface area contributed by atoms with Crippen LogP contribution in [0.1, 0.15) is 23.4 Å². The van der Waals surface area contributed by atoms with E-state index in [2.05, 4.69) is 20.5 Å². The van der Waals surface area contributed by atoms with Crippen molar-refractivity contribution in [3.05, 3.63) is 35.5 Å². The fraction of sp³-hybridized carbons (Fsp3) is 0.588. The zero-order valence-corrected chi connectivity index (χ0v) is 14.2. The summed E-state index contributed by atoms with van der Waals surface area (Å²) in [4.78, 5) is 15.3. The highest BCUT2D eigenvalue weighted by Crippen LogP contribution is 2.43. The van der Waals surface area contributed by atoms with Crippen molar-refractivity contribution in [3.8, 4) is 0 Å². The monoisotopic (exact) mass is 346 g/mol. The van der Waals surface area contributed by atoms with Crippen LogP contribution in [0.15, 0.2) is 27.6 Å². The Morgan fingerprint density at radius 2 is 2.40 bits per heavy atom. The molecule has 0 radical (unpaired) electrons. The van der Waals surface area contributed by atoms with Gasteiger partial charge in [-0.25, -0.2) is 4.63 Å². The highest BCUT2D eigenvalue weighted by Gasteiger charge is 2.53. The predicted octanol–water partition coefficient (Wildman–Crippen LogP) is 1.13. The average Bonchev–Trinajstić information content (AvgIpc) is 3.33. The Hall–Kier alpha value is -2.19. The molecule has 0 saturated carbocycles. The summed E-state index contributed by atoms with van der Waals surface area (Å²) in [5.74, 6) is 0.283. The fourth-order valence-corrected chi connectivity index (χ4v) is 3.90. The number of amides is 1. The lowest BCUT2D eigenvalue weighted by molar-refractivity contribution is -0.139. The van der Waals surface area contributed by atoms with Gasteiger partial charge in [0.15, 0.2) is 0 Å². The molecule has 2 aliphatic rings. The summed E-state index contributed by atoms with van der Waals surface area (Å²) in [6, 6.07) is 1.86. The van der Waals surface area contributed by atoms with E-state index < -0.39 is 5.41 Å². The molecule has 25 heavy (non-hydrogen) atoms. The van der Waals surface area contributed by atoms with Crippen LogP contribution in [0.3, 0.4) is 0 Å². The number of nitrogens with one attached hydrogen (secondary N) is 1. The minimum absolute atomic E-state index is 0.0968. The Bertz CT molecular complexity index is 729. The molecule has 2 unspecified atom stereocenters. The van der Waals surface area contributed by atoms with E-state index in [9.17, 15) is 4.79 Å². The standard InChI is InChI=1S/C17H22N4O4/c1-12-15(20-25-19-12)8-21-7-14-10-24-5-3-17(14,11-21)16(22)18-6-13-2-4-23-9-13/h2,4,9,14H,3,5-8,10-11H2,1H3,(H,18,22). The van der Waals surface area contributed by atoms with Crippen LogP contribution in [0.2, 0.25) is 0 Å². The fourth-order valence-electron chi connectivity index (χ4n) is 3.90. The second kappa shape index (κ2) is 6.61. The Labute approximate surface area is 145 Å². The van der Waals surface area contributed by atoms with Crippen LogP contribution in [-0.4, -0.2) is 47.4 Å². The van der Waals surface area contributed by atoms with Crippen molar-refractivity contribution in [1.82, 2.24) is 20.5 Å². The van der Waals surface area contributed by atoms with E-state index in [4.69, 9.17) is 13.8 Å². The number of aromatic nitrogens is 2. The SMILES string of the molecule is Cc1nonc1CN1CC2COCCC2(C(=O)NCc2ccoc2)C1. The lowest BCUT2D eigenvalue weighted by Crippen LogP contribution is -2.50. The zero-order chi connectivity index (χ0) is 17.3. The summed E-state index contributed by atoms with van der Waals surface area (Å²) in [5, 5.41) is 10.9. The van der Waals surface area contributed by atoms with Gasteiger partial charge in [-0.15, -0.1) is 0 Å². The minimum Gasteiger partial charge on any atom is -0.472 e. The summed E-state index contributed by atoms with van der Waals surface area (Å²) in [6.07, 6.45) is 4.00. The molecule has 0 spiro atoms. The van der Waals surface area contributed by atoms with Gasteiger partial charge in [-0.3, -0.25) is 9.69 Å². The van der Waals surface area contributed by atoms with Crippen molar-refractivity contribution in [1.29, 1.82) is 0 Å². The second-order valence-electron chi connectivity index (χ2n) is 6.96. The third-order valence-electron chi connectivity index (χ3n) is 5.38.